The summed E-state index contributed by atoms with van der Waals surface area (Å²) in [6.45, 7) is 1.06. The topological polar surface area (TPSA) is 73.5 Å². The van der Waals surface area contributed by atoms with Crippen molar-refractivity contribution in [3.05, 3.63) is 59.5 Å². The number of piperazine rings is 1. The van der Waals surface area contributed by atoms with Gasteiger partial charge < -0.3 is 14.8 Å². The van der Waals surface area contributed by atoms with E-state index in [2.05, 4.69) is 17.6 Å². The number of nitrogens with zero attached hydrogens (tertiary/aromatic N) is 2. The first kappa shape index (κ1) is 21.5. The molecule has 1 fully saturated rings. The Morgan fingerprint density at radius 3 is 2.45 bits per heavy atom. The molecular formula is C22H20FN3O3S2. The SMILES string of the molecule is CSc1ccc(S)c(C(=O)N2CCN(C(=O)C(=O)c3c[nH]c4cccc(F)c34)CC2)c1. The first-order chi connectivity index (χ1) is 14.9. The van der Waals surface area contributed by atoms with E-state index in [0.717, 1.165) is 4.90 Å². The molecular weight excluding hydrogens is 437 g/mol. The van der Waals surface area contributed by atoms with Gasteiger partial charge in [-0.2, -0.15) is 0 Å². The van der Waals surface area contributed by atoms with Crippen molar-refractivity contribution in [2.45, 2.75) is 9.79 Å². The molecule has 4 rings (SSSR count). The van der Waals surface area contributed by atoms with Gasteiger partial charge in [0.1, 0.15) is 5.82 Å². The summed E-state index contributed by atoms with van der Waals surface area (Å²) in [4.78, 5) is 45.9. The highest BCUT2D eigenvalue weighted by molar-refractivity contribution is 7.98. The smallest absolute Gasteiger partial charge is 0.295 e. The summed E-state index contributed by atoms with van der Waals surface area (Å²) in [5.41, 5.74) is 0.993. The molecule has 0 atom stereocenters. The summed E-state index contributed by atoms with van der Waals surface area (Å²) in [5.74, 6) is -2.17. The van der Waals surface area contributed by atoms with Crippen molar-refractivity contribution >= 4 is 52.9 Å². The van der Waals surface area contributed by atoms with Gasteiger partial charge >= 0.3 is 0 Å². The third-order valence-corrected chi connectivity index (χ3v) is 6.50. The van der Waals surface area contributed by atoms with Crippen LogP contribution >= 0.6 is 24.4 Å². The van der Waals surface area contributed by atoms with Crippen LogP contribution in [0.2, 0.25) is 0 Å². The van der Waals surface area contributed by atoms with Crippen LogP contribution < -0.4 is 0 Å². The summed E-state index contributed by atoms with van der Waals surface area (Å²) in [5, 5.41) is 0.115. The first-order valence-electron chi connectivity index (χ1n) is 9.66. The van der Waals surface area contributed by atoms with Gasteiger partial charge in [0.05, 0.1) is 11.1 Å². The van der Waals surface area contributed by atoms with E-state index in [1.807, 2.05) is 18.4 Å². The molecule has 0 saturated carbocycles. The molecule has 1 N–H and O–H groups in total. The highest BCUT2D eigenvalue weighted by Crippen LogP contribution is 2.25. The zero-order chi connectivity index (χ0) is 22.1. The summed E-state index contributed by atoms with van der Waals surface area (Å²) >= 11 is 5.93. The summed E-state index contributed by atoms with van der Waals surface area (Å²) in [7, 11) is 0. The number of carbonyl (C=O) groups is 3. The molecule has 2 aromatic carbocycles. The predicted molar refractivity (Wildman–Crippen MR) is 121 cm³/mol. The number of thioether (sulfide) groups is 1. The Morgan fingerprint density at radius 2 is 1.74 bits per heavy atom. The van der Waals surface area contributed by atoms with E-state index in [0.29, 0.717) is 29.1 Å². The van der Waals surface area contributed by atoms with Crippen molar-refractivity contribution in [2.24, 2.45) is 0 Å². The number of halogens is 1. The number of benzene rings is 2. The van der Waals surface area contributed by atoms with Gasteiger partial charge in [0.2, 0.25) is 0 Å². The van der Waals surface area contributed by atoms with Crippen molar-refractivity contribution < 1.29 is 18.8 Å². The number of carbonyl (C=O) groups excluding carboxylic acids is 3. The number of ketones is 1. The average molecular weight is 458 g/mol. The highest BCUT2D eigenvalue weighted by atomic mass is 32.2. The monoisotopic (exact) mass is 457 g/mol. The lowest BCUT2D eigenvalue weighted by atomic mass is 10.1. The van der Waals surface area contributed by atoms with E-state index in [4.69, 9.17) is 0 Å². The number of hydrogen-bond donors (Lipinski definition) is 2. The number of rotatable bonds is 4. The fraction of sp³-hybridized carbons (Fsp3) is 0.227. The third kappa shape index (κ3) is 4.07. The molecule has 6 nitrogen and oxygen atoms in total. The van der Waals surface area contributed by atoms with Crippen LogP contribution in [0, 0.1) is 5.82 Å². The van der Waals surface area contributed by atoms with Gasteiger partial charge in [0, 0.05) is 53.1 Å². The number of thiol groups is 1. The molecule has 1 aromatic heterocycles. The summed E-state index contributed by atoms with van der Waals surface area (Å²) in [6.07, 6.45) is 3.30. The lowest BCUT2D eigenvalue weighted by molar-refractivity contribution is -0.127. The van der Waals surface area contributed by atoms with Gasteiger partial charge in [-0.1, -0.05) is 6.07 Å². The molecule has 1 saturated heterocycles. The summed E-state index contributed by atoms with van der Waals surface area (Å²) < 4.78 is 14.2. The number of amides is 2. The lowest BCUT2D eigenvalue weighted by Crippen LogP contribution is -2.52. The minimum Gasteiger partial charge on any atom is -0.360 e. The quantitative estimate of drug-likeness (QED) is 0.272. The van der Waals surface area contributed by atoms with Crippen LogP contribution in [0.5, 0.6) is 0 Å². The van der Waals surface area contributed by atoms with Gasteiger partial charge in [-0.25, -0.2) is 4.39 Å². The van der Waals surface area contributed by atoms with E-state index in [-0.39, 0.29) is 29.9 Å². The maximum absolute atomic E-state index is 14.2. The Hall–Kier alpha value is -2.78. The predicted octanol–water partition coefficient (Wildman–Crippen LogP) is 3.48. The van der Waals surface area contributed by atoms with Crippen LogP contribution in [0.1, 0.15) is 20.7 Å². The van der Waals surface area contributed by atoms with Crippen LogP contribution in [0.25, 0.3) is 10.9 Å². The highest BCUT2D eigenvalue weighted by Gasteiger charge is 2.31. The Bertz CT molecular complexity index is 1190. The second-order valence-corrected chi connectivity index (χ2v) is 8.52. The largest absolute Gasteiger partial charge is 0.360 e. The Kier molecular flexibility index (Phi) is 6.06. The van der Waals surface area contributed by atoms with Gasteiger partial charge in [-0.15, -0.1) is 24.4 Å². The maximum atomic E-state index is 14.2. The van der Waals surface area contributed by atoms with Crippen molar-refractivity contribution in [3.8, 4) is 0 Å². The lowest BCUT2D eigenvalue weighted by Gasteiger charge is -2.34. The molecule has 9 heteroatoms. The van der Waals surface area contributed by atoms with Gasteiger partial charge in [0.15, 0.2) is 0 Å². The molecule has 1 aliphatic heterocycles. The zero-order valence-corrected chi connectivity index (χ0v) is 18.4. The number of aromatic nitrogens is 1. The molecule has 2 amide bonds. The summed E-state index contributed by atoms with van der Waals surface area (Å²) in [6, 6.07) is 9.93. The van der Waals surface area contributed by atoms with Gasteiger partial charge in [-0.05, 0) is 36.6 Å². The van der Waals surface area contributed by atoms with Crippen molar-refractivity contribution in [3.63, 3.8) is 0 Å². The van der Waals surface area contributed by atoms with Crippen LogP contribution in [0.3, 0.4) is 0 Å². The number of fused-ring (bicyclic) bond motifs is 1. The molecule has 0 radical (unpaired) electrons. The number of nitrogens with one attached hydrogen (secondary N) is 1. The average Bonchev–Trinajstić information content (AvgIpc) is 3.23. The second kappa shape index (κ2) is 8.76. The van der Waals surface area contributed by atoms with E-state index < -0.39 is 17.5 Å². The molecule has 3 aromatic rings. The Morgan fingerprint density at radius 1 is 1.03 bits per heavy atom. The minimum absolute atomic E-state index is 0.0187. The molecule has 0 unspecified atom stereocenters. The molecule has 160 valence electrons. The van der Waals surface area contributed by atoms with E-state index >= 15 is 0 Å². The van der Waals surface area contributed by atoms with Gasteiger partial charge in [-0.3, -0.25) is 14.4 Å². The fourth-order valence-corrected chi connectivity index (χ4v) is 4.35. The van der Waals surface area contributed by atoms with E-state index in [9.17, 15) is 18.8 Å². The Labute approximate surface area is 188 Å². The van der Waals surface area contributed by atoms with Crippen molar-refractivity contribution in [1.82, 2.24) is 14.8 Å². The number of Topliss-reactive ketones (excluding diaryl/α,β-unsaturated/α-hetero) is 1. The number of H-pyrrole nitrogens is 1. The molecule has 1 aliphatic rings. The standard InChI is InChI=1S/C22H20FN3O3S2/c1-31-13-5-6-18(30)14(11-13)21(28)25-7-9-26(10-8-25)22(29)20(27)15-12-24-17-4-2-3-16(23)19(15)17/h2-6,11-12,24,30H,7-10H2,1H3. The molecule has 0 spiro atoms. The maximum Gasteiger partial charge on any atom is 0.295 e. The van der Waals surface area contributed by atoms with Crippen molar-refractivity contribution in [2.75, 3.05) is 32.4 Å². The fourth-order valence-electron chi connectivity index (χ4n) is 3.67. The van der Waals surface area contributed by atoms with Crippen molar-refractivity contribution in [1.29, 1.82) is 0 Å². The zero-order valence-electron chi connectivity index (χ0n) is 16.7. The van der Waals surface area contributed by atoms with Crippen LogP contribution in [-0.2, 0) is 4.79 Å². The molecule has 2 heterocycles. The normalized spacial score (nSPS) is 14.2. The molecule has 31 heavy (non-hydrogen) atoms. The Balaban J connectivity index is 1.45. The first-order valence-corrected chi connectivity index (χ1v) is 11.3. The van der Waals surface area contributed by atoms with E-state index in [1.54, 1.807) is 17.0 Å². The van der Waals surface area contributed by atoms with Crippen LogP contribution in [-0.4, -0.2) is 64.8 Å². The second-order valence-electron chi connectivity index (χ2n) is 7.16. The van der Waals surface area contributed by atoms with Crippen LogP contribution in [0.4, 0.5) is 4.39 Å². The molecule has 0 bridgehead atoms. The number of aromatic amines is 1. The third-order valence-electron chi connectivity index (χ3n) is 5.38. The molecule has 0 aliphatic carbocycles. The van der Waals surface area contributed by atoms with E-state index in [1.165, 1.54) is 35.0 Å². The van der Waals surface area contributed by atoms with Gasteiger partial charge in [0.25, 0.3) is 17.6 Å². The van der Waals surface area contributed by atoms with Crippen LogP contribution in [0.15, 0.2) is 52.4 Å². The number of hydrogen-bond acceptors (Lipinski definition) is 5. The minimum atomic E-state index is -0.763.